The summed E-state index contributed by atoms with van der Waals surface area (Å²) >= 11 is 0. The molecule has 0 radical (unpaired) electrons. The molecule has 2 heterocycles. The van der Waals surface area contributed by atoms with Crippen LogP contribution in [0.1, 0.15) is 25.5 Å². The van der Waals surface area contributed by atoms with Crippen LogP contribution in [0.2, 0.25) is 0 Å². The van der Waals surface area contributed by atoms with E-state index in [0.717, 1.165) is 10.6 Å². The number of aliphatic hydroxyl groups excluding tert-OH is 2. The maximum absolute atomic E-state index is 13.5. The fraction of sp³-hybridized carbons (Fsp3) is 0.348. The van der Waals surface area contributed by atoms with Gasteiger partial charge >= 0.3 is 12.5 Å². The zero-order valence-electron chi connectivity index (χ0n) is 17.9. The minimum absolute atomic E-state index is 0. The molecule has 1 atom stereocenters. The van der Waals surface area contributed by atoms with Crippen LogP contribution < -0.4 is 14.8 Å². The summed E-state index contributed by atoms with van der Waals surface area (Å²) in [6.45, 7) is -1.17. The number of fused-ring (bicyclic) bond motifs is 2. The molecule has 1 fully saturated rings. The number of rotatable bonds is 6. The lowest BCUT2D eigenvalue weighted by Gasteiger charge is -2.17. The van der Waals surface area contributed by atoms with Crippen LogP contribution in [0.4, 0.5) is 27.6 Å². The first-order valence-electron chi connectivity index (χ1n) is 10.6. The van der Waals surface area contributed by atoms with Crippen molar-refractivity contribution >= 4 is 22.5 Å². The molecule has 3 N–H and O–H groups in total. The number of ether oxygens (including phenoxy) is 2. The zero-order valence-corrected chi connectivity index (χ0v) is 17.9. The average Bonchev–Trinajstić information content (AvgIpc) is 3.42. The van der Waals surface area contributed by atoms with Gasteiger partial charge in [-0.15, -0.1) is 8.78 Å². The zero-order chi connectivity index (χ0) is 25.2. The van der Waals surface area contributed by atoms with Crippen LogP contribution in [0.5, 0.6) is 11.5 Å². The van der Waals surface area contributed by atoms with Crippen molar-refractivity contribution in [3.63, 3.8) is 0 Å². The Morgan fingerprint density at radius 1 is 1.11 bits per heavy atom. The lowest BCUT2D eigenvalue weighted by atomic mass is 9.94. The molecule has 3 aromatic rings. The Balaban J connectivity index is 0.00000304. The van der Waals surface area contributed by atoms with E-state index < -0.39 is 48.7 Å². The van der Waals surface area contributed by atoms with Gasteiger partial charge < -0.3 is 29.6 Å². The molecular weight excluding hydrogens is 479 g/mol. The second kappa shape index (κ2) is 7.82. The van der Waals surface area contributed by atoms with Crippen LogP contribution >= 0.6 is 0 Å². The summed E-state index contributed by atoms with van der Waals surface area (Å²) in [7, 11) is 0. The van der Waals surface area contributed by atoms with Gasteiger partial charge in [0.05, 0.1) is 24.7 Å². The molecule has 188 valence electrons. The van der Waals surface area contributed by atoms with Gasteiger partial charge in [-0.05, 0) is 54.8 Å². The van der Waals surface area contributed by atoms with Crippen molar-refractivity contribution in [3.05, 3.63) is 53.7 Å². The Hall–Kier alpha value is -3.38. The van der Waals surface area contributed by atoms with Gasteiger partial charge in [0.25, 0.3) is 0 Å². The van der Waals surface area contributed by atoms with Gasteiger partial charge in [-0.25, -0.2) is 0 Å². The summed E-state index contributed by atoms with van der Waals surface area (Å²) in [4.78, 5) is 13.1. The molecule has 1 aromatic heterocycles. The van der Waals surface area contributed by atoms with Gasteiger partial charge in [-0.2, -0.15) is 13.2 Å². The maximum Gasteiger partial charge on any atom is 0.586 e. The van der Waals surface area contributed by atoms with Crippen LogP contribution in [0.15, 0.2) is 42.5 Å². The van der Waals surface area contributed by atoms with Crippen LogP contribution in [-0.4, -0.2) is 39.7 Å². The number of halogens is 5. The molecule has 0 bridgehead atoms. The molecule has 1 saturated carbocycles. The second-order valence-electron chi connectivity index (χ2n) is 8.61. The minimum Gasteiger partial charge on any atom is -0.395 e. The molecule has 2 aliphatic rings. The number of nitrogens with one attached hydrogen (secondary N) is 1. The van der Waals surface area contributed by atoms with Gasteiger partial charge in [0.2, 0.25) is 5.91 Å². The Morgan fingerprint density at radius 3 is 2.49 bits per heavy atom. The lowest BCUT2D eigenvalue weighted by molar-refractivity contribution is -0.286. The maximum atomic E-state index is 13.5. The van der Waals surface area contributed by atoms with E-state index in [0.29, 0.717) is 18.4 Å². The molecule has 0 spiro atoms. The number of anilines is 1. The predicted molar refractivity (Wildman–Crippen MR) is 114 cm³/mol. The number of hydrogen-bond acceptors (Lipinski definition) is 5. The first-order valence-corrected chi connectivity index (χ1v) is 10.6. The number of benzene rings is 2. The molecule has 2 aromatic carbocycles. The highest BCUT2D eigenvalue weighted by Gasteiger charge is 2.52. The number of aromatic nitrogens is 1. The third kappa shape index (κ3) is 4.16. The van der Waals surface area contributed by atoms with Gasteiger partial charge in [-0.1, -0.05) is 6.07 Å². The van der Waals surface area contributed by atoms with Crippen molar-refractivity contribution < 1.29 is 47.9 Å². The number of aliphatic hydroxyl groups is 2. The lowest BCUT2D eigenvalue weighted by Crippen LogP contribution is -2.28. The van der Waals surface area contributed by atoms with E-state index in [4.69, 9.17) is 5.11 Å². The van der Waals surface area contributed by atoms with Gasteiger partial charge in [0.1, 0.15) is 5.69 Å². The highest BCUT2D eigenvalue weighted by molar-refractivity contribution is 6.02. The molecule has 35 heavy (non-hydrogen) atoms. The minimum atomic E-state index is -4.70. The average molecular weight is 500 g/mol. The van der Waals surface area contributed by atoms with Crippen molar-refractivity contribution in [2.24, 2.45) is 0 Å². The summed E-state index contributed by atoms with van der Waals surface area (Å²) in [5.74, 6) is -0.760. The third-order valence-electron chi connectivity index (χ3n) is 6.19. The molecular formula is C23H21F5N2O5. The van der Waals surface area contributed by atoms with Crippen LogP contribution in [0.3, 0.4) is 0 Å². The largest absolute Gasteiger partial charge is 0.586 e. The van der Waals surface area contributed by atoms with E-state index >= 15 is 0 Å². The number of hydrogen-bond donors (Lipinski definition) is 3. The van der Waals surface area contributed by atoms with Crippen LogP contribution in [0.25, 0.3) is 10.9 Å². The van der Waals surface area contributed by atoms with E-state index in [9.17, 15) is 31.9 Å². The third-order valence-corrected chi connectivity index (χ3v) is 6.19. The monoisotopic (exact) mass is 500 g/mol. The van der Waals surface area contributed by atoms with E-state index in [-0.39, 0.29) is 29.5 Å². The van der Waals surface area contributed by atoms with E-state index in [1.165, 1.54) is 36.4 Å². The summed E-state index contributed by atoms with van der Waals surface area (Å²) in [6.07, 6.45) is -8.97. The fourth-order valence-electron chi connectivity index (χ4n) is 4.32. The van der Waals surface area contributed by atoms with Gasteiger partial charge in [0.15, 0.2) is 11.5 Å². The highest BCUT2D eigenvalue weighted by atomic mass is 19.4. The van der Waals surface area contributed by atoms with Crippen LogP contribution in [-0.2, 0) is 22.9 Å². The SMILES string of the molecule is O=C(Nc1ccc2c(c1)cc(C(F)(F)F)n2C[C@@H](O)CO)C1(c2ccc3c(c2)OC(F)(F)O3)CC1.[HH]. The van der Waals surface area contributed by atoms with Gasteiger partial charge in [0, 0.05) is 18.0 Å². The number of carbonyl (C=O) groups excluding carboxylic acids is 1. The highest BCUT2D eigenvalue weighted by Crippen LogP contribution is 2.52. The van der Waals surface area contributed by atoms with Gasteiger partial charge in [-0.3, -0.25) is 4.79 Å². The Morgan fingerprint density at radius 2 is 1.83 bits per heavy atom. The number of amides is 1. The Labute approximate surface area is 196 Å². The van der Waals surface area contributed by atoms with Crippen molar-refractivity contribution in [2.45, 2.75) is 43.4 Å². The quantitative estimate of drug-likeness (QED) is 0.440. The van der Waals surface area contributed by atoms with E-state index in [2.05, 4.69) is 14.8 Å². The summed E-state index contributed by atoms with van der Waals surface area (Å²) < 4.78 is 77.0. The molecule has 7 nitrogen and oxygen atoms in total. The molecule has 1 aliphatic heterocycles. The Bertz CT molecular complexity index is 1320. The van der Waals surface area contributed by atoms with Crippen molar-refractivity contribution in [3.8, 4) is 11.5 Å². The molecule has 0 unspecified atom stereocenters. The molecule has 5 rings (SSSR count). The molecule has 1 aliphatic carbocycles. The Kier molecular flexibility index (Phi) is 5.22. The van der Waals surface area contributed by atoms with E-state index in [1.54, 1.807) is 0 Å². The molecule has 12 heteroatoms. The fourth-order valence-corrected chi connectivity index (χ4v) is 4.32. The van der Waals surface area contributed by atoms with Crippen molar-refractivity contribution in [1.82, 2.24) is 4.57 Å². The van der Waals surface area contributed by atoms with Crippen molar-refractivity contribution in [1.29, 1.82) is 0 Å². The summed E-state index contributed by atoms with van der Waals surface area (Å²) in [5.41, 5.74) is -1.12. The summed E-state index contributed by atoms with van der Waals surface area (Å²) in [6, 6.07) is 9.22. The normalized spacial score (nSPS) is 18.5. The smallest absolute Gasteiger partial charge is 0.395 e. The summed E-state index contributed by atoms with van der Waals surface area (Å²) in [5, 5.41) is 21.6. The first-order chi connectivity index (χ1) is 16.4. The molecule has 0 saturated heterocycles. The van der Waals surface area contributed by atoms with Crippen molar-refractivity contribution in [2.75, 3.05) is 11.9 Å². The van der Waals surface area contributed by atoms with Crippen LogP contribution in [0, 0.1) is 0 Å². The topological polar surface area (TPSA) is 93.0 Å². The number of nitrogens with zero attached hydrogens (tertiary/aromatic N) is 1. The standard InChI is InChI=1S/C23H19F5N2O5.H2/c24-22(25,26)19-8-12-7-14(2-3-16(12)30(19)10-15(32)11-31)29-20(33)21(5-6-21)13-1-4-17-18(9-13)35-23(27,28)34-17;/h1-4,7-9,15,31-32H,5-6,10-11H2,(H,29,33);1H/t15-;/m1./s1. The van der Waals surface area contributed by atoms with E-state index in [1.807, 2.05) is 0 Å². The second-order valence-corrected chi connectivity index (χ2v) is 8.61. The molecule has 1 amide bonds. The predicted octanol–water partition coefficient (Wildman–Crippen LogP) is 4.25. The number of carbonyl (C=O) groups is 1. The number of alkyl halides is 5. The first kappa shape index (κ1) is 23.4.